The summed E-state index contributed by atoms with van der Waals surface area (Å²) >= 11 is 0. The van der Waals surface area contributed by atoms with E-state index in [0.29, 0.717) is 5.82 Å². The normalized spacial score (nSPS) is 10.8. The second-order valence-electron chi connectivity index (χ2n) is 4.65. The van der Waals surface area contributed by atoms with Gasteiger partial charge in [0.1, 0.15) is 5.82 Å². The van der Waals surface area contributed by atoms with Gasteiger partial charge in [0.05, 0.1) is 5.39 Å². The molecule has 0 atom stereocenters. The molecule has 3 nitrogen and oxygen atoms in total. The molecule has 2 heterocycles. The molecule has 94 valence electrons. The minimum atomic E-state index is -0.00759. The molecular weight excluding hydrogens is 236 g/mol. The zero-order valence-corrected chi connectivity index (χ0v) is 10.9. The minimum Gasteiger partial charge on any atom is -0.268 e. The van der Waals surface area contributed by atoms with Crippen molar-refractivity contribution in [2.24, 2.45) is 0 Å². The van der Waals surface area contributed by atoms with Gasteiger partial charge in [-0.05, 0) is 43.0 Å². The van der Waals surface area contributed by atoms with Crippen molar-refractivity contribution in [3.63, 3.8) is 0 Å². The molecule has 1 aromatic carbocycles. The molecule has 3 heteroatoms. The van der Waals surface area contributed by atoms with E-state index in [4.69, 9.17) is 0 Å². The van der Waals surface area contributed by atoms with Gasteiger partial charge in [-0.3, -0.25) is 9.36 Å². The van der Waals surface area contributed by atoms with Crippen molar-refractivity contribution in [2.75, 3.05) is 0 Å². The summed E-state index contributed by atoms with van der Waals surface area (Å²) < 4.78 is 1.66. The molecule has 0 unspecified atom stereocenters. The third kappa shape index (κ3) is 1.83. The van der Waals surface area contributed by atoms with Crippen LogP contribution in [0.4, 0.5) is 0 Å². The minimum absolute atomic E-state index is 0.00759. The van der Waals surface area contributed by atoms with Gasteiger partial charge >= 0.3 is 0 Å². The van der Waals surface area contributed by atoms with Crippen LogP contribution in [0.5, 0.6) is 0 Å². The third-order valence-corrected chi connectivity index (χ3v) is 3.32. The van der Waals surface area contributed by atoms with Crippen molar-refractivity contribution in [1.29, 1.82) is 0 Å². The van der Waals surface area contributed by atoms with Crippen LogP contribution in [0.15, 0.2) is 53.5 Å². The Balaban J connectivity index is 2.45. The number of nitrogens with zero attached hydrogens (tertiary/aromatic N) is 2. The molecule has 0 spiro atoms. The average molecular weight is 250 g/mol. The first-order valence-electron chi connectivity index (χ1n) is 6.22. The Labute approximate surface area is 111 Å². The summed E-state index contributed by atoms with van der Waals surface area (Å²) in [4.78, 5) is 17.0. The molecule has 2 aromatic heterocycles. The van der Waals surface area contributed by atoms with Gasteiger partial charge < -0.3 is 0 Å². The van der Waals surface area contributed by atoms with Crippen LogP contribution in [0.2, 0.25) is 0 Å². The zero-order chi connectivity index (χ0) is 13.4. The Kier molecular flexibility index (Phi) is 2.67. The summed E-state index contributed by atoms with van der Waals surface area (Å²) in [5.74, 6) is 0.662. The summed E-state index contributed by atoms with van der Waals surface area (Å²) in [5.41, 5.74) is 1.88. The van der Waals surface area contributed by atoms with Crippen LogP contribution < -0.4 is 5.56 Å². The van der Waals surface area contributed by atoms with E-state index in [1.807, 2.05) is 56.3 Å². The molecule has 0 bridgehead atoms. The number of hydrogen-bond donors (Lipinski definition) is 0. The summed E-state index contributed by atoms with van der Waals surface area (Å²) in [6, 6.07) is 13.5. The van der Waals surface area contributed by atoms with Crippen molar-refractivity contribution in [1.82, 2.24) is 9.55 Å². The number of pyridine rings is 2. The number of hydrogen-bond acceptors (Lipinski definition) is 2. The fourth-order valence-corrected chi connectivity index (χ4v) is 2.44. The lowest BCUT2D eigenvalue weighted by atomic mass is 10.1. The quantitative estimate of drug-likeness (QED) is 0.665. The number of fused-ring (bicyclic) bond motifs is 1. The van der Waals surface area contributed by atoms with E-state index in [9.17, 15) is 4.79 Å². The van der Waals surface area contributed by atoms with E-state index in [1.165, 1.54) is 0 Å². The smallest absolute Gasteiger partial charge is 0.264 e. The average Bonchev–Trinajstić information content (AvgIpc) is 2.39. The Morgan fingerprint density at radius 2 is 1.89 bits per heavy atom. The maximum Gasteiger partial charge on any atom is 0.264 e. The number of rotatable bonds is 1. The van der Waals surface area contributed by atoms with Crippen molar-refractivity contribution >= 4 is 10.8 Å². The largest absolute Gasteiger partial charge is 0.268 e. The second-order valence-corrected chi connectivity index (χ2v) is 4.65. The summed E-state index contributed by atoms with van der Waals surface area (Å²) in [6.45, 7) is 3.89. The van der Waals surface area contributed by atoms with Gasteiger partial charge in [-0.1, -0.05) is 24.3 Å². The van der Waals surface area contributed by atoms with Gasteiger partial charge in [-0.2, -0.15) is 0 Å². The molecule has 0 radical (unpaired) electrons. The monoisotopic (exact) mass is 250 g/mol. The topological polar surface area (TPSA) is 34.9 Å². The fourth-order valence-electron chi connectivity index (χ4n) is 2.44. The maximum absolute atomic E-state index is 12.7. The van der Waals surface area contributed by atoms with Crippen LogP contribution in [0.1, 0.15) is 11.3 Å². The van der Waals surface area contributed by atoms with Gasteiger partial charge in [-0.15, -0.1) is 0 Å². The number of aromatic nitrogens is 2. The van der Waals surface area contributed by atoms with Gasteiger partial charge in [0.15, 0.2) is 0 Å². The predicted octanol–water partition coefficient (Wildman–Crippen LogP) is 3.00. The van der Waals surface area contributed by atoms with Crippen LogP contribution >= 0.6 is 0 Å². The van der Waals surface area contributed by atoms with Crippen molar-refractivity contribution < 1.29 is 0 Å². The van der Waals surface area contributed by atoms with Crippen LogP contribution in [-0.4, -0.2) is 9.55 Å². The van der Waals surface area contributed by atoms with Crippen LogP contribution in [0.3, 0.4) is 0 Å². The van der Waals surface area contributed by atoms with Crippen LogP contribution in [-0.2, 0) is 0 Å². The first-order chi connectivity index (χ1) is 9.18. The van der Waals surface area contributed by atoms with Crippen molar-refractivity contribution in [2.45, 2.75) is 13.8 Å². The SMILES string of the molecule is Cc1cccc2cc(C)n(-c3ccccn3)c(=O)c12. The third-order valence-electron chi connectivity index (χ3n) is 3.32. The van der Waals surface area contributed by atoms with Gasteiger partial charge in [-0.25, -0.2) is 4.98 Å². The first kappa shape index (κ1) is 11.7. The zero-order valence-electron chi connectivity index (χ0n) is 10.9. The second kappa shape index (κ2) is 4.35. The molecular formula is C16H14N2O. The Morgan fingerprint density at radius 1 is 1.05 bits per heavy atom. The fraction of sp³-hybridized carbons (Fsp3) is 0.125. The molecule has 19 heavy (non-hydrogen) atoms. The van der Waals surface area contributed by atoms with E-state index in [0.717, 1.165) is 22.0 Å². The summed E-state index contributed by atoms with van der Waals surface area (Å²) in [5, 5.41) is 1.74. The molecule has 0 aliphatic rings. The molecule has 0 aliphatic heterocycles. The highest BCUT2D eigenvalue weighted by molar-refractivity contribution is 5.85. The standard InChI is InChI=1S/C16H14N2O/c1-11-6-5-7-13-10-12(2)18(16(19)15(11)13)14-8-3-4-9-17-14/h3-10H,1-2H3. The lowest BCUT2D eigenvalue weighted by Gasteiger charge is -2.11. The van der Waals surface area contributed by atoms with E-state index < -0.39 is 0 Å². The molecule has 0 saturated heterocycles. The van der Waals surface area contributed by atoms with E-state index in [-0.39, 0.29) is 5.56 Å². The maximum atomic E-state index is 12.7. The summed E-state index contributed by atoms with van der Waals surface area (Å²) in [7, 11) is 0. The molecule has 0 aliphatic carbocycles. The highest BCUT2D eigenvalue weighted by atomic mass is 16.1. The Bertz CT molecular complexity index is 804. The van der Waals surface area contributed by atoms with E-state index in [2.05, 4.69) is 4.98 Å². The van der Waals surface area contributed by atoms with Crippen molar-refractivity contribution in [3.05, 3.63) is 70.3 Å². The summed E-state index contributed by atoms with van der Waals surface area (Å²) in [6.07, 6.45) is 1.70. The molecule has 0 saturated carbocycles. The van der Waals surface area contributed by atoms with Gasteiger partial charge in [0.2, 0.25) is 0 Å². The van der Waals surface area contributed by atoms with E-state index in [1.54, 1.807) is 10.8 Å². The first-order valence-corrected chi connectivity index (χ1v) is 6.22. The lowest BCUT2D eigenvalue weighted by Crippen LogP contribution is -2.22. The highest BCUT2D eigenvalue weighted by Gasteiger charge is 2.10. The van der Waals surface area contributed by atoms with Crippen LogP contribution in [0, 0.1) is 13.8 Å². The molecule has 0 amide bonds. The predicted molar refractivity (Wildman–Crippen MR) is 76.8 cm³/mol. The molecule has 3 rings (SSSR count). The molecule has 3 aromatic rings. The van der Waals surface area contributed by atoms with E-state index >= 15 is 0 Å². The lowest BCUT2D eigenvalue weighted by molar-refractivity contribution is 0.908. The number of benzene rings is 1. The van der Waals surface area contributed by atoms with Gasteiger partial charge in [0.25, 0.3) is 5.56 Å². The number of aryl methyl sites for hydroxylation is 2. The molecule has 0 fully saturated rings. The van der Waals surface area contributed by atoms with Gasteiger partial charge in [0, 0.05) is 11.9 Å². The van der Waals surface area contributed by atoms with Crippen LogP contribution in [0.25, 0.3) is 16.6 Å². The van der Waals surface area contributed by atoms with Crippen molar-refractivity contribution in [3.8, 4) is 5.82 Å². The highest BCUT2D eigenvalue weighted by Crippen LogP contribution is 2.17. The Morgan fingerprint density at radius 3 is 2.63 bits per heavy atom. The Hall–Kier alpha value is -2.42. The molecule has 0 N–H and O–H groups in total.